The van der Waals surface area contributed by atoms with Gasteiger partial charge in [0.05, 0.1) is 5.52 Å². The Morgan fingerprint density at radius 1 is 1.12 bits per heavy atom. The summed E-state index contributed by atoms with van der Waals surface area (Å²) in [5.74, 6) is 1.97. The van der Waals surface area contributed by atoms with Crippen LogP contribution in [-0.4, -0.2) is 14.5 Å². The predicted molar refractivity (Wildman–Crippen MR) is 68.0 cm³/mol. The first-order chi connectivity index (χ1) is 8.24. The van der Waals surface area contributed by atoms with E-state index in [1.165, 1.54) is 5.39 Å². The molecule has 0 bridgehead atoms. The second-order valence-corrected chi connectivity index (χ2v) is 3.94. The third-order valence-corrected chi connectivity index (χ3v) is 2.69. The van der Waals surface area contributed by atoms with Gasteiger partial charge in [0.15, 0.2) is 0 Å². The Labute approximate surface area is 98.7 Å². The molecule has 17 heavy (non-hydrogen) atoms. The number of para-hydroxylation sites is 1. The number of hydrogen-bond acceptors (Lipinski definition) is 3. The van der Waals surface area contributed by atoms with Gasteiger partial charge in [-0.15, -0.1) is 0 Å². The molecule has 0 fully saturated rings. The minimum Gasteiger partial charge on any atom is -0.384 e. The Kier molecular flexibility index (Phi) is 2.08. The van der Waals surface area contributed by atoms with Gasteiger partial charge in [0.2, 0.25) is 0 Å². The number of nitrogen functional groups attached to an aromatic ring is 1. The van der Waals surface area contributed by atoms with Crippen LogP contribution in [-0.2, 0) is 0 Å². The number of fused-ring (bicyclic) bond motifs is 1. The van der Waals surface area contributed by atoms with Crippen LogP contribution in [0.5, 0.6) is 0 Å². The maximum absolute atomic E-state index is 5.75. The molecule has 0 amide bonds. The highest BCUT2D eigenvalue weighted by atomic mass is 15.1. The maximum atomic E-state index is 5.75. The molecule has 2 aromatic heterocycles. The molecule has 1 aromatic carbocycles. The second kappa shape index (κ2) is 3.59. The van der Waals surface area contributed by atoms with Crippen molar-refractivity contribution in [1.82, 2.24) is 14.5 Å². The zero-order chi connectivity index (χ0) is 11.8. The molecular weight excluding hydrogens is 212 g/mol. The minimum absolute atomic E-state index is 0.491. The summed E-state index contributed by atoms with van der Waals surface area (Å²) in [6, 6.07) is 12.0. The van der Waals surface area contributed by atoms with Crippen LogP contribution in [0.3, 0.4) is 0 Å². The van der Waals surface area contributed by atoms with Gasteiger partial charge in [0.25, 0.3) is 0 Å². The summed E-state index contributed by atoms with van der Waals surface area (Å²) in [6.07, 6.45) is 1.99. The molecule has 0 aliphatic heterocycles. The SMILES string of the molecule is Cc1nc(N)cc(-n2ccc3ccccc32)n1. The molecule has 3 aromatic rings. The smallest absolute Gasteiger partial charge is 0.142 e. The molecular formula is C13H12N4. The molecule has 4 heteroatoms. The van der Waals surface area contributed by atoms with Crippen LogP contribution in [0, 0.1) is 6.92 Å². The average Bonchev–Trinajstić information content (AvgIpc) is 2.71. The summed E-state index contributed by atoms with van der Waals surface area (Å²) >= 11 is 0. The summed E-state index contributed by atoms with van der Waals surface area (Å²) in [7, 11) is 0. The van der Waals surface area contributed by atoms with Crippen molar-refractivity contribution in [2.75, 3.05) is 5.73 Å². The lowest BCUT2D eigenvalue weighted by Gasteiger charge is -2.06. The standard InChI is InChI=1S/C13H12N4/c1-9-15-12(14)8-13(16-9)17-7-6-10-4-2-3-5-11(10)17/h2-8H,1H3,(H2,14,15,16). The molecule has 2 N–H and O–H groups in total. The largest absolute Gasteiger partial charge is 0.384 e. The summed E-state index contributed by atoms with van der Waals surface area (Å²) in [5, 5.41) is 1.18. The molecule has 3 rings (SSSR count). The lowest BCUT2D eigenvalue weighted by Crippen LogP contribution is -2.02. The monoisotopic (exact) mass is 224 g/mol. The second-order valence-electron chi connectivity index (χ2n) is 3.94. The van der Waals surface area contributed by atoms with Gasteiger partial charge in [-0.25, -0.2) is 9.97 Å². The van der Waals surface area contributed by atoms with Gasteiger partial charge in [-0.3, -0.25) is 0 Å². The highest BCUT2D eigenvalue weighted by Gasteiger charge is 2.05. The molecule has 0 aliphatic carbocycles. The first-order valence-corrected chi connectivity index (χ1v) is 5.42. The highest BCUT2D eigenvalue weighted by molar-refractivity contribution is 5.81. The normalized spacial score (nSPS) is 10.9. The third kappa shape index (κ3) is 1.63. The zero-order valence-electron chi connectivity index (χ0n) is 9.46. The van der Waals surface area contributed by atoms with Crippen LogP contribution >= 0.6 is 0 Å². The molecule has 4 nitrogen and oxygen atoms in total. The lowest BCUT2D eigenvalue weighted by molar-refractivity contribution is 0.969. The predicted octanol–water partition coefficient (Wildman–Crippen LogP) is 2.31. The fourth-order valence-corrected chi connectivity index (χ4v) is 1.98. The Balaban J connectivity index is 2.27. The fraction of sp³-hybridized carbons (Fsp3) is 0.0769. The molecule has 2 heterocycles. The van der Waals surface area contributed by atoms with Gasteiger partial charge in [-0.05, 0) is 24.4 Å². The summed E-state index contributed by atoms with van der Waals surface area (Å²) in [6.45, 7) is 1.84. The number of aromatic nitrogens is 3. The van der Waals surface area contributed by atoms with Crippen LogP contribution < -0.4 is 5.73 Å². The highest BCUT2D eigenvalue weighted by Crippen LogP contribution is 2.19. The Bertz CT molecular complexity index is 664. The van der Waals surface area contributed by atoms with Crippen molar-refractivity contribution in [2.45, 2.75) is 6.92 Å². The third-order valence-electron chi connectivity index (χ3n) is 2.69. The summed E-state index contributed by atoms with van der Waals surface area (Å²) < 4.78 is 2.01. The molecule has 0 unspecified atom stereocenters. The summed E-state index contributed by atoms with van der Waals surface area (Å²) in [5.41, 5.74) is 6.86. The molecule has 0 spiro atoms. The Morgan fingerprint density at radius 2 is 1.94 bits per heavy atom. The van der Waals surface area contributed by atoms with Crippen LogP contribution in [0.25, 0.3) is 16.7 Å². The van der Waals surface area contributed by atoms with E-state index >= 15 is 0 Å². The molecule has 0 atom stereocenters. The van der Waals surface area contributed by atoms with Crippen LogP contribution in [0.2, 0.25) is 0 Å². The molecule has 0 aliphatic rings. The number of anilines is 1. The first-order valence-electron chi connectivity index (χ1n) is 5.42. The number of rotatable bonds is 1. The Hall–Kier alpha value is -2.36. The van der Waals surface area contributed by atoms with E-state index < -0.39 is 0 Å². The van der Waals surface area contributed by atoms with E-state index in [-0.39, 0.29) is 0 Å². The number of hydrogen-bond donors (Lipinski definition) is 1. The van der Waals surface area contributed by atoms with Crippen molar-refractivity contribution in [1.29, 1.82) is 0 Å². The van der Waals surface area contributed by atoms with Gasteiger partial charge in [-0.2, -0.15) is 0 Å². The van der Waals surface area contributed by atoms with E-state index in [1.54, 1.807) is 6.07 Å². The van der Waals surface area contributed by atoms with Crippen molar-refractivity contribution >= 4 is 16.7 Å². The van der Waals surface area contributed by atoms with Crippen molar-refractivity contribution in [3.63, 3.8) is 0 Å². The van der Waals surface area contributed by atoms with E-state index in [4.69, 9.17) is 5.73 Å². The van der Waals surface area contributed by atoms with E-state index in [9.17, 15) is 0 Å². The molecule has 0 saturated carbocycles. The van der Waals surface area contributed by atoms with E-state index in [2.05, 4.69) is 28.2 Å². The average molecular weight is 224 g/mol. The van der Waals surface area contributed by atoms with Crippen LogP contribution in [0.4, 0.5) is 5.82 Å². The number of nitrogens with two attached hydrogens (primary N) is 1. The molecule has 0 saturated heterocycles. The number of aryl methyl sites for hydroxylation is 1. The van der Waals surface area contributed by atoms with Gasteiger partial charge in [0, 0.05) is 12.3 Å². The van der Waals surface area contributed by atoms with Gasteiger partial charge < -0.3 is 10.3 Å². The van der Waals surface area contributed by atoms with Gasteiger partial charge in [0.1, 0.15) is 17.5 Å². The zero-order valence-corrected chi connectivity index (χ0v) is 9.46. The molecule has 84 valence electrons. The van der Waals surface area contributed by atoms with Gasteiger partial charge in [-0.1, -0.05) is 18.2 Å². The number of nitrogens with zero attached hydrogens (tertiary/aromatic N) is 3. The fourth-order valence-electron chi connectivity index (χ4n) is 1.98. The van der Waals surface area contributed by atoms with E-state index in [0.29, 0.717) is 11.6 Å². The van der Waals surface area contributed by atoms with Crippen molar-refractivity contribution < 1.29 is 0 Å². The number of benzene rings is 1. The quantitative estimate of drug-likeness (QED) is 0.690. The van der Waals surface area contributed by atoms with Crippen molar-refractivity contribution in [2.24, 2.45) is 0 Å². The van der Waals surface area contributed by atoms with Crippen LogP contribution in [0.15, 0.2) is 42.6 Å². The van der Waals surface area contributed by atoms with E-state index in [1.807, 2.05) is 29.8 Å². The molecule has 0 radical (unpaired) electrons. The maximum Gasteiger partial charge on any atom is 0.142 e. The Morgan fingerprint density at radius 3 is 2.76 bits per heavy atom. The van der Waals surface area contributed by atoms with Crippen molar-refractivity contribution in [3.05, 3.63) is 48.4 Å². The lowest BCUT2D eigenvalue weighted by atomic mass is 10.2. The first kappa shape index (κ1) is 9.84. The summed E-state index contributed by atoms with van der Waals surface area (Å²) in [4.78, 5) is 8.48. The van der Waals surface area contributed by atoms with Crippen molar-refractivity contribution in [3.8, 4) is 5.82 Å². The minimum atomic E-state index is 0.491. The van der Waals surface area contributed by atoms with Gasteiger partial charge >= 0.3 is 0 Å². The topological polar surface area (TPSA) is 56.7 Å². The van der Waals surface area contributed by atoms with E-state index in [0.717, 1.165) is 11.3 Å². The van der Waals surface area contributed by atoms with Crippen LogP contribution in [0.1, 0.15) is 5.82 Å².